The van der Waals surface area contributed by atoms with Gasteiger partial charge in [-0.05, 0) is 42.3 Å². The zero-order valence-corrected chi connectivity index (χ0v) is 16.9. The van der Waals surface area contributed by atoms with Gasteiger partial charge in [-0.2, -0.15) is 0 Å². The summed E-state index contributed by atoms with van der Waals surface area (Å²) in [6, 6.07) is 19.1. The van der Waals surface area contributed by atoms with E-state index in [4.69, 9.17) is 0 Å². The van der Waals surface area contributed by atoms with Gasteiger partial charge in [0.15, 0.2) is 0 Å². The molecule has 1 aromatic heterocycles. The van der Waals surface area contributed by atoms with Crippen LogP contribution in [0, 0.1) is 0 Å². The van der Waals surface area contributed by atoms with Crippen molar-refractivity contribution in [2.75, 3.05) is 16.8 Å². The molecule has 2 amide bonds. The quantitative estimate of drug-likeness (QED) is 0.666. The van der Waals surface area contributed by atoms with Crippen LogP contribution in [0.1, 0.15) is 29.3 Å². The number of fused-ring (bicyclic) bond motifs is 2. The van der Waals surface area contributed by atoms with E-state index >= 15 is 0 Å². The highest BCUT2D eigenvalue weighted by Gasteiger charge is 2.28. The normalized spacial score (nSPS) is 12.7. The van der Waals surface area contributed by atoms with Crippen LogP contribution in [0.4, 0.5) is 11.4 Å². The van der Waals surface area contributed by atoms with E-state index in [1.54, 1.807) is 23.2 Å². The lowest BCUT2D eigenvalue weighted by Crippen LogP contribution is -2.34. The number of aromatic nitrogens is 1. The number of anilines is 2. The highest BCUT2D eigenvalue weighted by molar-refractivity contribution is 7.99. The number of rotatable bonds is 5. The summed E-state index contributed by atoms with van der Waals surface area (Å²) >= 11 is 1.48. The minimum atomic E-state index is -0.132. The molecule has 0 atom stereocenters. The molecular weight excluding hydrogens is 382 g/mol. The Bertz CT molecular complexity index is 1070. The fourth-order valence-electron chi connectivity index (χ4n) is 3.36. The highest BCUT2D eigenvalue weighted by atomic mass is 32.2. The van der Waals surface area contributed by atoms with Gasteiger partial charge >= 0.3 is 0 Å². The predicted octanol–water partition coefficient (Wildman–Crippen LogP) is 4.78. The van der Waals surface area contributed by atoms with Gasteiger partial charge in [-0.1, -0.05) is 49.0 Å². The zero-order valence-electron chi connectivity index (χ0n) is 16.1. The second-order valence-electron chi connectivity index (χ2n) is 6.69. The zero-order chi connectivity index (χ0) is 20.2. The van der Waals surface area contributed by atoms with Crippen molar-refractivity contribution >= 4 is 35.0 Å². The molecule has 1 aliphatic rings. The Hall–Kier alpha value is -3.12. The largest absolute Gasteiger partial charge is 0.326 e. The molecule has 0 radical (unpaired) electrons. The van der Waals surface area contributed by atoms with Crippen LogP contribution in [0.5, 0.6) is 0 Å². The van der Waals surface area contributed by atoms with Crippen LogP contribution in [0.25, 0.3) is 0 Å². The molecule has 2 aromatic carbocycles. The lowest BCUT2D eigenvalue weighted by Gasteiger charge is -2.22. The standard InChI is InChI=1S/C23H21N3O2S/c1-2-16-8-3-4-10-18(16)25-21(27)13-15-26-19-11-5-6-12-20(19)29-22-17(23(26)28)9-7-14-24-22/h3-12,14H,2,13,15H2,1H3,(H,25,27). The number of hydrogen-bond acceptors (Lipinski definition) is 4. The van der Waals surface area contributed by atoms with Crippen molar-refractivity contribution in [1.82, 2.24) is 4.98 Å². The molecule has 1 aliphatic heterocycles. The van der Waals surface area contributed by atoms with Crippen LogP contribution < -0.4 is 10.2 Å². The third kappa shape index (κ3) is 4.03. The summed E-state index contributed by atoms with van der Waals surface area (Å²) in [4.78, 5) is 32.8. The number of nitrogens with one attached hydrogen (secondary N) is 1. The molecule has 3 aromatic rings. The number of pyridine rings is 1. The van der Waals surface area contributed by atoms with Gasteiger partial charge in [-0.3, -0.25) is 9.59 Å². The van der Waals surface area contributed by atoms with Crippen molar-refractivity contribution in [2.24, 2.45) is 0 Å². The number of benzene rings is 2. The monoisotopic (exact) mass is 403 g/mol. The summed E-state index contributed by atoms with van der Waals surface area (Å²) in [6.07, 6.45) is 2.74. The summed E-state index contributed by atoms with van der Waals surface area (Å²) in [5, 5.41) is 3.67. The molecule has 0 saturated heterocycles. The Morgan fingerprint density at radius 1 is 1.07 bits per heavy atom. The average molecular weight is 404 g/mol. The van der Waals surface area contributed by atoms with Gasteiger partial charge in [0.1, 0.15) is 5.03 Å². The minimum Gasteiger partial charge on any atom is -0.326 e. The molecular formula is C23H21N3O2S. The van der Waals surface area contributed by atoms with Crippen molar-refractivity contribution in [3.05, 3.63) is 78.0 Å². The third-order valence-electron chi connectivity index (χ3n) is 4.84. The smallest absolute Gasteiger partial charge is 0.261 e. The number of hydrogen-bond donors (Lipinski definition) is 1. The number of amides is 2. The molecule has 0 aliphatic carbocycles. The number of para-hydroxylation sites is 2. The minimum absolute atomic E-state index is 0.112. The first-order chi connectivity index (χ1) is 14.2. The molecule has 0 spiro atoms. The van der Waals surface area contributed by atoms with Gasteiger partial charge in [0, 0.05) is 29.7 Å². The molecule has 29 heavy (non-hydrogen) atoms. The first kappa shape index (κ1) is 19.2. The number of carbonyl (C=O) groups excluding carboxylic acids is 2. The second-order valence-corrected chi connectivity index (χ2v) is 7.72. The molecule has 0 saturated carbocycles. The Morgan fingerprint density at radius 3 is 2.72 bits per heavy atom. The van der Waals surface area contributed by atoms with E-state index in [1.807, 2.05) is 48.5 Å². The van der Waals surface area contributed by atoms with Crippen molar-refractivity contribution in [1.29, 1.82) is 0 Å². The molecule has 2 heterocycles. The van der Waals surface area contributed by atoms with Crippen molar-refractivity contribution in [2.45, 2.75) is 29.7 Å². The Labute approximate surface area is 174 Å². The summed E-state index contributed by atoms with van der Waals surface area (Å²) in [7, 11) is 0. The third-order valence-corrected chi connectivity index (χ3v) is 5.93. The van der Waals surface area contributed by atoms with Gasteiger partial charge in [0.05, 0.1) is 11.3 Å². The van der Waals surface area contributed by atoms with Crippen molar-refractivity contribution < 1.29 is 9.59 Å². The van der Waals surface area contributed by atoms with Crippen molar-refractivity contribution in [3.8, 4) is 0 Å². The molecule has 1 N–H and O–H groups in total. The van der Waals surface area contributed by atoms with E-state index in [-0.39, 0.29) is 18.2 Å². The van der Waals surface area contributed by atoms with E-state index in [9.17, 15) is 9.59 Å². The van der Waals surface area contributed by atoms with Crippen LogP contribution in [0.2, 0.25) is 0 Å². The summed E-state index contributed by atoms with van der Waals surface area (Å²) in [5.41, 5.74) is 3.29. The Morgan fingerprint density at radius 2 is 1.86 bits per heavy atom. The fraction of sp³-hybridized carbons (Fsp3) is 0.174. The lowest BCUT2D eigenvalue weighted by atomic mass is 10.1. The van der Waals surface area contributed by atoms with Crippen LogP contribution in [-0.4, -0.2) is 23.3 Å². The van der Waals surface area contributed by atoms with E-state index in [2.05, 4.69) is 17.2 Å². The maximum Gasteiger partial charge on any atom is 0.261 e. The number of carbonyl (C=O) groups is 2. The number of nitrogens with zero attached hydrogens (tertiary/aromatic N) is 2. The summed E-state index contributed by atoms with van der Waals surface area (Å²) < 4.78 is 0. The molecule has 6 heteroatoms. The Kier molecular flexibility index (Phi) is 5.62. The van der Waals surface area contributed by atoms with E-state index in [0.717, 1.165) is 28.3 Å². The van der Waals surface area contributed by atoms with Crippen molar-refractivity contribution in [3.63, 3.8) is 0 Å². The second kappa shape index (κ2) is 8.49. The van der Waals surface area contributed by atoms with E-state index < -0.39 is 0 Å². The van der Waals surface area contributed by atoms with Gasteiger partial charge in [0.25, 0.3) is 5.91 Å². The summed E-state index contributed by atoms with van der Waals surface area (Å²) in [6.45, 7) is 2.35. The van der Waals surface area contributed by atoms with E-state index in [1.165, 1.54) is 11.8 Å². The lowest BCUT2D eigenvalue weighted by molar-refractivity contribution is -0.116. The van der Waals surface area contributed by atoms with Crippen LogP contribution >= 0.6 is 11.8 Å². The highest BCUT2D eigenvalue weighted by Crippen LogP contribution is 2.40. The topological polar surface area (TPSA) is 62.3 Å². The SMILES string of the molecule is CCc1ccccc1NC(=O)CCN1C(=O)c2cccnc2Sc2ccccc21. The maximum absolute atomic E-state index is 13.2. The first-order valence-corrected chi connectivity index (χ1v) is 10.4. The molecule has 0 bridgehead atoms. The Balaban J connectivity index is 1.56. The first-order valence-electron chi connectivity index (χ1n) is 9.59. The van der Waals surface area contributed by atoms with Crippen LogP contribution in [0.3, 0.4) is 0 Å². The van der Waals surface area contributed by atoms with Gasteiger partial charge < -0.3 is 10.2 Å². The molecule has 4 rings (SSSR count). The molecule has 5 nitrogen and oxygen atoms in total. The van der Waals surface area contributed by atoms with Gasteiger partial charge in [0.2, 0.25) is 5.91 Å². The van der Waals surface area contributed by atoms with Crippen LogP contribution in [0.15, 0.2) is 76.8 Å². The summed E-state index contributed by atoms with van der Waals surface area (Å²) in [5.74, 6) is -0.244. The number of aryl methyl sites for hydroxylation is 1. The van der Waals surface area contributed by atoms with E-state index in [0.29, 0.717) is 17.1 Å². The predicted molar refractivity (Wildman–Crippen MR) is 116 cm³/mol. The molecule has 0 fully saturated rings. The van der Waals surface area contributed by atoms with Crippen LogP contribution in [-0.2, 0) is 11.2 Å². The maximum atomic E-state index is 13.2. The molecule has 0 unspecified atom stereocenters. The fourth-order valence-corrected chi connectivity index (χ4v) is 4.38. The van der Waals surface area contributed by atoms with Gasteiger partial charge in [-0.25, -0.2) is 4.98 Å². The van der Waals surface area contributed by atoms with Gasteiger partial charge in [-0.15, -0.1) is 0 Å². The molecule has 146 valence electrons. The average Bonchev–Trinajstić information content (AvgIpc) is 2.87.